The maximum Gasteiger partial charge on any atom is 0.191 e. The van der Waals surface area contributed by atoms with Crippen molar-refractivity contribution in [1.29, 1.82) is 0 Å². The number of hydrogen-bond acceptors (Lipinski definition) is 4. The number of aryl methyl sites for hydroxylation is 1. The van der Waals surface area contributed by atoms with Crippen LogP contribution in [0.3, 0.4) is 0 Å². The number of hydrogen-bond donors (Lipinski definition) is 3. The molecule has 0 saturated carbocycles. The first kappa shape index (κ1) is 16.8. The molecule has 1 aliphatic heterocycles. The number of furan rings is 1. The molecule has 3 N–H and O–H groups in total. The molecule has 0 radical (unpaired) electrons. The van der Waals surface area contributed by atoms with Gasteiger partial charge in [-0.05, 0) is 51.9 Å². The molecule has 1 aromatic heterocycles. The third kappa shape index (κ3) is 4.48. The molecule has 1 aromatic rings. The summed E-state index contributed by atoms with van der Waals surface area (Å²) in [5, 5.41) is 17.0. The molecule has 1 aliphatic rings. The van der Waals surface area contributed by atoms with Crippen LogP contribution >= 0.6 is 0 Å². The van der Waals surface area contributed by atoms with Crippen molar-refractivity contribution in [2.45, 2.75) is 25.9 Å². The van der Waals surface area contributed by atoms with Gasteiger partial charge in [0, 0.05) is 20.1 Å². The fourth-order valence-electron chi connectivity index (χ4n) is 2.72. The standard InChI is InChI=1S/C16H28N4O2/c1-12-5-6-14(22-12)16(2,21)11-19-15(17-3)18-9-13-7-8-20(4)10-13/h5-6,13,21H,7-11H2,1-4H3,(H2,17,18,19). The molecule has 2 unspecified atom stereocenters. The van der Waals surface area contributed by atoms with Crippen molar-refractivity contribution in [1.82, 2.24) is 15.5 Å². The zero-order chi connectivity index (χ0) is 16.2. The summed E-state index contributed by atoms with van der Waals surface area (Å²) >= 11 is 0. The minimum absolute atomic E-state index is 0.337. The van der Waals surface area contributed by atoms with E-state index >= 15 is 0 Å². The third-order valence-corrected chi connectivity index (χ3v) is 4.14. The Bertz CT molecular complexity index is 510. The first-order chi connectivity index (χ1) is 10.4. The number of guanidine groups is 1. The lowest BCUT2D eigenvalue weighted by atomic mass is 10.0. The lowest BCUT2D eigenvalue weighted by Gasteiger charge is -2.23. The van der Waals surface area contributed by atoms with Crippen LogP contribution in [0.4, 0.5) is 0 Å². The first-order valence-electron chi connectivity index (χ1n) is 7.83. The van der Waals surface area contributed by atoms with Gasteiger partial charge in [0.15, 0.2) is 5.96 Å². The van der Waals surface area contributed by atoms with E-state index in [1.54, 1.807) is 14.0 Å². The molecule has 124 valence electrons. The quantitative estimate of drug-likeness (QED) is 0.557. The SMILES string of the molecule is CN=C(NCC1CCN(C)C1)NCC(C)(O)c1ccc(C)o1. The van der Waals surface area contributed by atoms with Gasteiger partial charge in [-0.1, -0.05) is 0 Å². The molecule has 1 fully saturated rings. The minimum atomic E-state index is -1.07. The summed E-state index contributed by atoms with van der Waals surface area (Å²) in [5.74, 6) is 2.71. The lowest BCUT2D eigenvalue weighted by Crippen LogP contribution is -2.45. The lowest BCUT2D eigenvalue weighted by molar-refractivity contribution is 0.0378. The Kier molecular flexibility index (Phi) is 5.47. The molecule has 0 bridgehead atoms. The second-order valence-electron chi connectivity index (χ2n) is 6.41. The number of likely N-dealkylation sites (tertiary alicyclic amines) is 1. The number of aliphatic imine (C=N–C) groups is 1. The van der Waals surface area contributed by atoms with Crippen molar-refractivity contribution in [2.75, 3.05) is 40.3 Å². The smallest absolute Gasteiger partial charge is 0.191 e. The molecule has 0 spiro atoms. The molecular formula is C16H28N4O2. The van der Waals surface area contributed by atoms with Gasteiger partial charge in [-0.15, -0.1) is 0 Å². The number of nitrogens with zero attached hydrogens (tertiary/aromatic N) is 2. The summed E-state index contributed by atoms with van der Waals surface area (Å²) in [5.41, 5.74) is -1.07. The monoisotopic (exact) mass is 308 g/mol. The van der Waals surface area contributed by atoms with E-state index in [0.29, 0.717) is 24.2 Å². The predicted octanol–water partition coefficient (Wildman–Crippen LogP) is 0.912. The molecule has 0 aliphatic carbocycles. The highest BCUT2D eigenvalue weighted by atomic mass is 16.4. The van der Waals surface area contributed by atoms with Crippen LogP contribution in [0.15, 0.2) is 21.5 Å². The zero-order valence-electron chi connectivity index (χ0n) is 14.0. The highest BCUT2D eigenvalue weighted by molar-refractivity contribution is 5.79. The van der Waals surface area contributed by atoms with Crippen LogP contribution in [-0.2, 0) is 5.60 Å². The van der Waals surface area contributed by atoms with E-state index in [9.17, 15) is 5.11 Å². The van der Waals surface area contributed by atoms with Crippen molar-refractivity contribution >= 4 is 5.96 Å². The summed E-state index contributed by atoms with van der Waals surface area (Å²) in [4.78, 5) is 6.55. The van der Waals surface area contributed by atoms with Crippen molar-refractivity contribution < 1.29 is 9.52 Å². The van der Waals surface area contributed by atoms with Gasteiger partial charge in [-0.3, -0.25) is 4.99 Å². The van der Waals surface area contributed by atoms with Gasteiger partial charge >= 0.3 is 0 Å². The molecule has 6 nitrogen and oxygen atoms in total. The maximum absolute atomic E-state index is 10.5. The van der Waals surface area contributed by atoms with Gasteiger partial charge in [0.1, 0.15) is 17.1 Å². The molecule has 2 atom stereocenters. The van der Waals surface area contributed by atoms with Gasteiger partial charge in [0.2, 0.25) is 0 Å². The van der Waals surface area contributed by atoms with Crippen LogP contribution in [0.1, 0.15) is 24.9 Å². The van der Waals surface area contributed by atoms with Crippen LogP contribution in [0.25, 0.3) is 0 Å². The normalized spacial score (nSPS) is 22.6. The second-order valence-corrected chi connectivity index (χ2v) is 6.41. The van der Waals surface area contributed by atoms with Crippen molar-refractivity contribution in [3.05, 3.63) is 23.7 Å². The Hall–Kier alpha value is -1.53. The van der Waals surface area contributed by atoms with Crippen molar-refractivity contribution in [3.8, 4) is 0 Å². The third-order valence-electron chi connectivity index (χ3n) is 4.14. The summed E-state index contributed by atoms with van der Waals surface area (Å²) < 4.78 is 5.51. The average Bonchev–Trinajstić information content (AvgIpc) is 3.08. The van der Waals surface area contributed by atoms with E-state index in [1.807, 2.05) is 19.1 Å². The molecular weight excluding hydrogens is 280 g/mol. The predicted molar refractivity (Wildman–Crippen MR) is 88.0 cm³/mol. The van der Waals surface area contributed by atoms with Gasteiger partial charge in [-0.2, -0.15) is 0 Å². The number of nitrogens with one attached hydrogen (secondary N) is 2. The fourth-order valence-corrected chi connectivity index (χ4v) is 2.72. The van der Waals surface area contributed by atoms with Crippen LogP contribution < -0.4 is 10.6 Å². The van der Waals surface area contributed by atoms with Gasteiger partial charge < -0.3 is 25.1 Å². The molecule has 6 heteroatoms. The molecule has 2 heterocycles. The maximum atomic E-state index is 10.5. The Labute approximate surface area is 132 Å². The topological polar surface area (TPSA) is 73.0 Å². The largest absolute Gasteiger partial charge is 0.463 e. The zero-order valence-corrected chi connectivity index (χ0v) is 14.0. The van der Waals surface area contributed by atoms with E-state index in [1.165, 1.54) is 6.42 Å². The Balaban J connectivity index is 1.80. The Morgan fingerprint density at radius 1 is 1.50 bits per heavy atom. The van der Waals surface area contributed by atoms with E-state index in [-0.39, 0.29) is 0 Å². The summed E-state index contributed by atoms with van der Waals surface area (Å²) in [6.07, 6.45) is 1.21. The number of aliphatic hydroxyl groups is 1. The van der Waals surface area contributed by atoms with Gasteiger partial charge in [-0.25, -0.2) is 0 Å². The van der Waals surface area contributed by atoms with Gasteiger partial charge in [0.05, 0.1) is 6.54 Å². The highest BCUT2D eigenvalue weighted by Crippen LogP contribution is 2.21. The highest BCUT2D eigenvalue weighted by Gasteiger charge is 2.27. The Morgan fingerprint density at radius 3 is 2.82 bits per heavy atom. The minimum Gasteiger partial charge on any atom is -0.463 e. The Morgan fingerprint density at radius 2 is 2.27 bits per heavy atom. The van der Waals surface area contributed by atoms with Crippen LogP contribution in [0.2, 0.25) is 0 Å². The average molecular weight is 308 g/mol. The molecule has 0 amide bonds. The van der Waals surface area contributed by atoms with Crippen LogP contribution in [0, 0.1) is 12.8 Å². The summed E-state index contributed by atoms with van der Waals surface area (Å²) in [6.45, 7) is 7.11. The first-order valence-corrected chi connectivity index (χ1v) is 7.83. The molecule has 22 heavy (non-hydrogen) atoms. The molecule has 2 rings (SSSR count). The van der Waals surface area contributed by atoms with Crippen LogP contribution in [0.5, 0.6) is 0 Å². The summed E-state index contributed by atoms with van der Waals surface area (Å²) in [6, 6.07) is 3.66. The van der Waals surface area contributed by atoms with E-state index in [0.717, 1.165) is 25.4 Å². The molecule has 1 saturated heterocycles. The van der Waals surface area contributed by atoms with Gasteiger partial charge in [0.25, 0.3) is 0 Å². The van der Waals surface area contributed by atoms with E-state index in [4.69, 9.17) is 4.42 Å². The number of rotatable bonds is 5. The molecule has 0 aromatic carbocycles. The summed E-state index contributed by atoms with van der Waals surface area (Å²) in [7, 11) is 3.89. The van der Waals surface area contributed by atoms with Crippen LogP contribution in [-0.4, -0.2) is 56.2 Å². The van der Waals surface area contributed by atoms with Crippen molar-refractivity contribution in [3.63, 3.8) is 0 Å². The van der Waals surface area contributed by atoms with E-state index < -0.39 is 5.60 Å². The second kappa shape index (κ2) is 7.15. The van der Waals surface area contributed by atoms with Crippen molar-refractivity contribution in [2.24, 2.45) is 10.9 Å². The fraction of sp³-hybridized carbons (Fsp3) is 0.688. The van der Waals surface area contributed by atoms with E-state index in [2.05, 4.69) is 27.6 Å².